The second kappa shape index (κ2) is 9.73. The summed E-state index contributed by atoms with van der Waals surface area (Å²) in [7, 11) is 1.57. The van der Waals surface area contributed by atoms with Crippen molar-refractivity contribution in [1.82, 2.24) is 0 Å². The Morgan fingerprint density at radius 3 is 2.59 bits per heavy atom. The van der Waals surface area contributed by atoms with E-state index in [0.717, 1.165) is 24.9 Å². The van der Waals surface area contributed by atoms with Crippen molar-refractivity contribution in [3.63, 3.8) is 0 Å². The number of hydrogen-bond acceptors (Lipinski definition) is 2. The number of amides is 1. The summed E-state index contributed by atoms with van der Waals surface area (Å²) in [4.78, 5) is 12.2. The summed E-state index contributed by atoms with van der Waals surface area (Å²) in [6, 6.07) is 5.31. The Hall–Kier alpha value is -1.22. The van der Waals surface area contributed by atoms with Gasteiger partial charge in [0.2, 0.25) is 5.91 Å². The summed E-state index contributed by atoms with van der Waals surface area (Å²) in [5, 5.41) is 3.46. The van der Waals surface area contributed by atoms with Crippen molar-refractivity contribution in [2.24, 2.45) is 11.8 Å². The average Bonchev–Trinajstić information content (AvgIpc) is 2.48. The molecule has 0 saturated heterocycles. The van der Waals surface area contributed by atoms with E-state index in [0.29, 0.717) is 16.7 Å². The van der Waals surface area contributed by atoms with Crippen molar-refractivity contribution in [3.05, 3.63) is 23.2 Å². The summed E-state index contributed by atoms with van der Waals surface area (Å²) in [6.45, 7) is 6.46. The minimum Gasteiger partial charge on any atom is -0.495 e. The Balaban J connectivity index is 0.000000745. The highest BCUT2D eigenvalue weighted by Crippen LogP contribution is 2.31. The minimum absolute atomic E-state index is 0.104. The van der Waals surface area contributed by atoms with E-state index < -0.39 is 0 Å². The molecule has 1 aromatic carbocycles. The Kier molecular flexibility index (Phi) is 8.32. The summed E-state index contributed by atoms with van der Waals surface area (Å²) in [5.41, 5.74) is 0.731. The lowest BCUT2D eigenvalue weighted by Crippen LogP contribution is -2.27. The number of nitrogens with one attached hydrogen (secondary N) is 1. The van der Waals surface area contributed by atoms with Gasteiger partial charge in [0.15, 0.2) is 0 Å². The third-order valence-corrected chi connectivity index (χ3v) is 4.02. The molecule has 124 valence electrons. The Bertz CT molecular complexity index is 476. The summed E-state index contributed by atoms with van der Waals surface area (Å²) in [5.74, 6) is 1.49. The fraction of sp³-hybridized carbons (Fsp3) is 0.611. The van der Waals surface area contributed by atoms with Crippen LogP contribution in [0.1, 0.15) is 52.9 Å². The van der Waals surface area contributed by atoms with Gasteiger partial charge in [0.1, 0.15) is 5.75 Å². The molecule has 1 N–H and O–H groups in total. The number of carbonyl (C=O) groups excluding carboxylic acids is 1. The van der Waals surface area contributed by atoms with Crippen LogP contribution >= 0.6 is 11.6 Å². The molecule has 1 aliphatic rings. The van der Waals surface area contributed by atoms with Gasteiger partial charge >= 0.3 is 0 Å². The van der Waals surface area contributed by atoms with Crippen LogP contribution in [0, 0.1) is 11.8 Å². The molecule has 0 spiro atoms. The molecule has 3 nitrogen and oxygen atoms in total. The molecular weight excluding hydrogens is 298 g/mol. The van der Waals surface area contributed by atoms with Gasteiger partial charge in [-0.25, -0.2) is 0 Å². The highest BCUT2D eigenvalue weighted by atomic mass is 35.5. The summed E-state index contributed by atoms with van der Waals surface area (Å²) in [6.07, 6.45) is 5.59. The zero-order valence-corrected chi connectivity index (χ0v) is 14.9. The van der Waals surface area contributed by atoms with Crippen LogP contribution in [-0.2, 0) is 4.79 Å². The molecule has 4 heteroatoms. The number of hydrogen-bond donors (Lipinski definition) is 1. The smallest absolute Gasteiger partial charge is 0.227 e. The molecule has 0 aliphatic heterocycles. The van der Waals surface area contributed by atoms with Gasteiger partial charge in [0, 0.05) is 11.6 Å². The first-order chi connectivity index (χ1) is 10.5. The molecule has 0 heterocycles. The minimum atomic E-state index is 0.104. The van der Waals surface area contributed by atoms with Crippen LogP contribution in [0.15, 0.2) is 18.2 Å². The molecule has 2 atom stereocenters. The Morgan fingerprint density at radius 1 is 1.36 bits per heavy atom. The first-order valence-corrected chi connectivity index (χ1v) is 8.53. The number of rotatable bonds is 3. The molecule has 0 radical (unpaired) electrons. The van der Waals surface area contributed by atoms with E-state index in [2.05, 4.69) is 26.1 Å². The zero-order chi connectivity index (χ0) is 16.5. The van der Waals surface area contributed by atoms with E-state index in [4.69, 9.17) is 16.3 Å². The van der Waals surface area contributed by atoms with Crippen LogP contribution in [-0.4, -0.2) is 13.0 Å². The average molecular weight is 326 g/mol. The van der Waals surface area contributed by atoms with E-state index in [9.17, 15) is 4.79 Å². The summed E-state index contributed by atoms with van der Waals surface area (Å²) < 4.78 is 5.09. The van der Waals surface area contributed by atoms with Crippen molar-refractivity contribution < 1.29 is 9.53 Å². The number of anilines is 1. The van der Waals surface area contributed by atoms with Crippen molar-refractivity contribution >= 4 is 23.2 Å². The van der Waals surface area contributed by atoms with Gasteiger partial charge in [-0.3, -0.25) is 4.79 Å². The molecule has 2 rings (SSSR count). The molecule has 1 aliphatic carbocycles. The fourth-order valence-corrected chi connectivity index (χ4v) is 2.92. The molecule has 1 fully saturated rings. The molecule has 1 aromatic rings. The highest BCUT2D eigenvalue weighted by Gasteiger charge is 2.25. The van der Waals surface area contributed by atoms with E-state index in [1.54, 1.807) is 19.2 Å². The molecule has 1 amide bonds. The standard InChI is InChI=1S/C15H20ClNO2.C3H8/c1-10-4-3-5-11(8-10)15(18)17-12-6-7-14(19-2)13(16)9-12;1-3-2/h6-7,9-11H,3-5,8H2,1-2H3,(H,17,18);3H2,1-2H3. The predicted octanol–water partition coefficient (Wildman–Crippen LogP) is 5.53. The maximum Gasteiger partial charge on any atom is 0.227 e. The SMILES string of the molecule is CCC.COc1ccc(NC(=O)C2CCCC(C)C2)cc1Cl. The second-order valence-corrected chi connectivity index (χ2v) is 6.42. The number of ether oxygens (including phenoxy) is 1. The van der Waals surface area contributed by atoms with Gasteiger partial charge in [-0.05, 0) is 37.0 Å². The predicted molar refractivity (Wildman–Crippen MR) is 93.7 cm³/mol. The molecule has 0 bridgehead atoms. The molecular formula is C18H28ClNO2. The maximum absolute atomic E-state index is 12.2. The van der Waals surface area contributed by atoms with Gasteiger partial charge in [0.25, 0.3) is 0 Å². The third-order valence-electron chi connectivity index (χ3n) is 3.73. The quantitative estimate of drug-likeness (QED) is 0.793. The van der Waals surface area contributed by atoms with Crippen LogP contribution in [0.25, 0.3) is 0 Å². The lowest BCUT2D eigenvalue weighted by Gasteiger charge is -2.25. The number of methoxy groups -OCH3 is 1. The second-order valence-electron chi connectivity index (χ2n) is 6.01. The lowest BCUT2D eigenvalue weighted by atomic mass is 9.82. The van der Waals surface area contributed by atoms with Crippen LogP contribution in [0.4, 0.5) is 5.69 Å². The van der Waals surface area contributed by atoms with Gasteiger partial charge in [-0.2, -0.15) is 0 Å². The van der Waals surface area contributed by atoms with E-state index in [1.807, 2.05) is 6.07 Å². The largest absolute Gasteiger partial charge is 0.495 e. The van der Waals surface area contributed by atoms with Crippen LogP contribution < -0.4 is 10.1 Å². The zero-order valence-electron chi connectivity index (χ0n) is 14.1. The van der Waals surface area contributed by atoms with E-state index in [-0.39, 0.29) is 11.8 Å². The van der Waals surface area contributed by atoms with Crippen molar-refractivity contribution in [3.8, 4) is 5.75 Å². The number of carbonyl (C=O) groups is 1. The third kappa shape index (κ3) is 5.88. The molecule has 22 heavy (non-hydrogen) atoms. The van der Waals surface area contributed by atoms with Gasteiger partial charge in [0.05, 0.1) is 12.1 Å². The molecule has 0 aromatic heterocycles. The highest BCUT2D eigenvalue weighted by molar-refractivity contribution is 6.32. The van der Waals surface area contributed by atoms with Gasteiger partial charge in [-0.1, -0.05) is 51.6 Å². The maximum atomic E-state index is 12.2. The molecule has 2 unspecified atom stereocenters. The Morgan fingerprint density at radius 2 is 2.05 bits per heavy atom. The fourth-order valence-electron chi connectivity index (χ4n) is 2.66. The lowest BCUT2D eigenvalue weighted by molar-refractivity contribution is -0.121. The van der Waals surface area contributed by atoms with E-state index in [1.165, 1.54) is 12.8 Å². The molecule has 1 saturated carbocycles. The van der Waals surface area contributed by atoms with Crippen LogP contribution in [0.3, 0.4) is 0 Å². The van der Waals surface area contributed by atoms with Gasteiger partial charge < -0.3 is 10.1 Å². The van der Waals surface area contributed by atoms with E-state index >= 15 is 0 Å². The first-order valence-electron chi connectivity index (χ1n) is 8.16. The first kappa shape index (κ1) is 18.8. The number of benzene rings is 1. The van der Waals surface area contributed by atoms with Crippen molar-refractivity contribution in [2.45, 2.75) is 52.9 Å². The topological polar surface area (TPSA) is 38.3 Å². The Labute approximate surface area is 139 Å². The monoisotopic (exact) mass is 325 g/mol. The van der Waals surface area contributed by atoms with Crippen LogP contribution in [0.2, 0.25) is 5.02 Å². The van der Waals surface area contributed by atoms with Gasteiger partial charge in [-0.15, -0.1) is 0 Å². The van der Waals surface area contributed by atoms with Crippen molar-refractivity contribution in [2.75, 3.05) is 12.4 Å². The number of halogens is 1. The van der Waals surface area contributed by atoms with Crippen molar-refractivity contribution in [1.29, 1.82) is 0 Å². The summed E-state index contributed by atoms with van der Waals surface area (Å²) >= 11 is 6.05. The van der Waals surface area contributed by atoms with Crippen LogP contribution in [0.5, 0.6) is 5.75 Å². The normalized spacial score (nSPS) is 20.6.